The molecule has 0 aliphatic rings. The zero-order valence-corrected chi connectivity index (χ0v) is 13.1. The number of hydrogen-bond donors (Lipinski definition) is 3. The predicted octanol–water partition coefficient (Wildman–Crippen LogP) is 3.69. The molecule has 0 bridgehead atoms. The molecule has 2 amide bonds. The minimum absolute atomic E-state index is 0.0171. The lowest BCUT2D eigenvalue weighted by Crippen LogP contribution is -2.46. The summed E-state index contributed by atoms with van der Waals surface area (Å²) in [7, 11) is 0. The van der Waals surface area contributed by atoms with E-state index in [2.05, 4.69) is 10.6 Å². The van der Waals surface area contributed by atoms with Crippen molar-refractivity contribution in [3.63, 3.8) is 0 Å². The smallest absolute Gasteiger partial charge is 0.319 e. The Morgan fingerprint density at radius 1 is 1.36 bits per heavy atom. The maximum Gasteiger partial charge on any atom is 0.319 e. The van der Waals surface area contributed by atoms with Crippen LogP contribution in [-0.2, 0) is 4.79 Å². The van der Waals surface area contributed by atoms with E-state index in [9.17, 15) is 18.4 Å². The molecule has 1 aromatic carbocycles. The quantitative estimate of drug-likeness (QED) is 0.768. The molecule has 0 aliphatic carbocycles. The van der Waals surface area contributed by atoms with Gasteiger partial charge in [-0.3, -0.25) is 4.79 Å². The molecule has 0 atom stereocenters. The number of halogens is 3. The van der Waals surface area contributed by atoms with Crippen LogP contribution in [0.3, 0.4) is 0 Å². The van der Waals surface area contributed by atoms with E-state index in [1.807, 2.05) is 0 Å². The van der Waals surface area contributed by atoms with Gasteiger partial charge in [-0.1, -0.05) is 11.6 Å². The van der Waals surface area contributed by atoms with Gasteiger partial charge in [0.05, 0.1) is 0 Å². The molecule has 0 aromatic heterocycles. The molecule has 22 heavy (non-hydrogen) atoms. The molecule has 0 aliphatic heterocycles. The number of carboxylic acids is 1. The van der Waals surface area contributed by atoms with Crippen molar-refractivity contribution in [3.8, 4) is 0 Å². The summed E-state index contributed by atoms with van der Waals surface area (Å²) in [6, 6.07) is 0.0698. The van der Waals surface area contributed by atoms with Crippen LogP contribution in [0.15, 0.2) is 6.07 Å². The van der Waals surface area contributed by atoms with E-state index >= 15 is 0 Å². The number of nitrogens with one attached hydrogen (secondary N) is 2. The van der Waals surface area contributed by atoms with Gasteiger partial charge in [0.25, 0.3) is 0 Å². The highest BCUT2D eigenvalue weighted by Crippen LogP contribution is 2.28. The maximum absolute atomic E-state index is 13.9. The Morgan fingerprint density at radius 2 is 1.95 bits per heavy atom. The monoisotopic (exact) mass is 334 g/mol. The normalized spacial score (nSPS) is 11.2. The molecule has 0 spiro atoms. The fraction of sp³-hybridized carbons (Fsp3) is 0.429. The van der Waals surface area contributed by atoms with Gasteiger partial charge in [-0.25, -0.2) is 13.6 Å². The summed E-state index contributed by atoms with van der Waals surface area (Å²) in [6.07, 6.45) is 0.0242. The van der Waals surface area contributed by atoms with Gasteiger partial charge >= 0.3 is 12.0 Å². The van der Waals surface area contributed by atoms with Crippen molar-refractivity contribution < 1.29 is 23.5 Å². The lowest BCUT2D eigenvalue weighted by molar-refractivity contribution is -0.137. The molecule has 8 heteroatoms. The molecule has 0 radical (unpaired) electrons. The van der Waals surface area contributed by atoms with Crippen molar-refractivity contribution in [1.29, 1.82) is 0 Å². The first kappa shape index (κ1) is 18.2. The lowest BCUT2D eigenvalue weighted by Gasteiger charge is -2.26. The zero-order chi connectivity index (χ0) is 17.1. The van der Waals surface area contributed by atoms with Crippen LogP contribution in [0.1, 0.15) is 32.3 Å². The van der Waals surface area contributed by atoms with E-state index in [1.54, 1.807) is 13.8 Å². The van der Waals surface area contributed by atoms with Crippen LogP contribution < -0.4 is 10.6 Å². The maximum atomic E-state index is 13.9. The minimum Gasteiger partial charge on any atom is -0.481 e. The van der Waals surface area contributed by atoms with Gasteiger partial charge in [0, 0.05) is 22.5 Å². The summed E-state index contributed by atoms with van der Waals surface area (Å²) in [5, 5.41) is 13.1. The number of amides is 2. The molecule has 1 aromatic rings. The molecule has 122 valence electrons. The summed E-state index contributed by atoms with van der Waals surface area (Å²) in [6.45, 7) is 4.57. The van der Waals surface area contributed by atoms with Gasteiger partial charge in [0.1, 0.15) is 5.69 Å². The lowest BCUT2D eigenvalue weighted by atomic mass is 9.99. The second kappa shape index (κ2) is 6.91. The van der Waals surface area contributed by atoms with Crippen LogP contribution in [-0.4, -0.2) is 22.6 Å². The van der Waals surface area contributed by atoms with Gasteiger partial charge in [-0.15, -0.1) is 0 Å². The third-order valence-corrected chi connectivity index (χ3v) is 3.45. The van der Waals surface area contributed by atoms with Gasteiger partial charge in [0.15, 0.2) is 11.6 Å². The van der Waals surface area contributed by atoms with E-state index < -0.39 is 34.9 Å². The molecular formula is C14H17ClF2N2O3. The molecule has 0 saturated heterocycles. The Bertz CT molecular complexity index is 606. The Morgan fingerprint density at radius 3 is 2.50 bits per heavy atom. The van der Waals surface area contributed by atoms with Crippen molar-refractivity contribution >= 4 is 29.3 Å². The van der Waals surface area contributed by atoms with Crippen LogP contribution in [0, 0.1) is 18.6 Å². The topological polar surface area (TPSA) is 78.4 Å². The van der Waals surface area contributed by atoms with Gasteiger partial charge in [-0.05, 0) is 33.3 Å². The zero-order valence-electron chi connectivity index (χ0n) is 12.4. The van der Waals surface area contributed by atoms with E-state index in [0.29, 0.717) is 0 Å². The van der Waals surface area contributed by atoms with Crippen molar-refractivity contribution in [2.24, 2.45) is 0 Å². The molecule has 0 fully saturated rings. The number of urea groups is 1. The van der Waals surface area contributed by atoms with Crippen LogP contribution in [0.5, 0.6) is 0 Å². The first-order valence-electron chi connectivity index (χ1n) is 6.48. The Labute approximate surface area is 131 Å². The number of carbonyl (C=O) groups is 2. The second-order valence-electron chi connectivity index (χ2n) is 5.51. The SMILES string of the molecule is Cc1c(Cl)cc(F)c(NC(=O)NC(C)(C)CCC(=O)O)c1F. The van der Waals surface area contributed by atoms with Gasteiger partial charge < -0.3 is 15.7 Å². The van der Waals surface area contributed by atoms with Crippen molar-refractivity contribution in [3.05, 3.63) is 28.3 Å². The second-order valence-corrected chi connectivity index (χ2v) is 5.92. The molecule has 0 saturated carbocycles. The summed E-state index contributed by atoms with van der Waals surface area (Å²) in [4.78, 5) is 22.4. The first-order valence-corrected chi connectivity index (χ1v) is 6.86. The van der Waals surface area contributed by atoms with Crippen molar-refractivity contribution in [2.45, 2.75) is 39.2 Å². The average Bonchev–Trinajstić information content (AvgIpc) is 2.38. The predicted molar refractivity (Wildman–Crippen MR) is 79.2 cm³/mol. The van der Waals surface area contributed by atoms with E-state index in [1.165, 1.54) is 6.92 Å². The van der Waals surface area contributed by atoms with Crippen LogP contribution in [0.2, 0.25) is 5.02 Å². The summed E-state index contributed by atoms with van der Waals surface area (Å²) in [5.74, 6) is -2.95. The Hall–Kier alpha value is -1.89. The summed E-state index contributed by atoms with van der Waals surface area (Å²) >= 11 is 5.64. The fourth-order valence-corrected chi connectivity index (χ4v) is 1.92. The largest absolute Gasteiger partial charge is 0.481 e. The fourth-order valence-electron chi connectivity index (χ4n) is 1.74. The number of anilines is 1. The standard InChI is InChI=1S/C14H17ClF2N2O3/c1-7-8(15)6-9(16)12(11(7)17)18-13(22)19-14(2,3)5-4-10(20)21/h6H,4-5H2,1-3H3,(H,20,21)(H2,18,19,22). The molecule has 0 unspecified atom stereocenters. The van der Waals surface area contributed by atoms with Crippen molar-refractivity contribution in [1.82, 2.24) is 5.32 Å². The van der Waals surface area contributed by atoms with E-state index in [4.69, 9.17) is 16.7 Å². The number of hydrogen-bond acceptors (Lipinski definition) is 2. The summed E-state index contributed by atoms with van der Waals surface area (Å²) in [5.41, 5.74) is -1.44. The Kier molecular flexibility index (Phi) is 5.71. The molecule has 1 rings (SSSR count). The highest BCUT2D eigenvalue weighted by Gasteiger charge is 2.23. The number of benzene rings is 1. The van der Waals surface area contributed by atoms with Crippen molar-refractivity contribution in [2.75, 3.05) is 5.32 Å². The minimum atomic E-state index is -0.999. The first-order chi connectivity index (χ1) is 10.0. The van der Waals surface area contributed by atoms with E-state index in [-0.39, 0.29) is 23.4 Å². The third kappa shape index (κ3) is 4.84. The summed E-state index contributed by atoms with van der Waals surface area (Å²) < 4.78 is 27.6. The van der Waals surface area contributed by atoms with Gasteiger partial charge in [-0.2, -0.15) is 0 Å². The highest BCUT2D eigenvalue weighted by molar-refractivity contribution is 6.31. The van der Waals surface area contributed by atoms with Gasteiger partial charge in [0.2, 0.25) is 0 Å². The van der Waals surface area contributed by atoms with Crippen LogP contribution in [0.25, 0.3) is 0 Å². The molecular weight excluding hydrogens is 318 g/mol. The van der Waals surface area contributed by atoms with E-state index in [0.717, 1.165) is 6.07 Å². The van der Waals surface area contributed by atoms with Crippen LogP contribution >= 0.6 is 11.6 Å². The molecule has 0 heterocycles. The highest BCUT2D eigenvalue weighted by atomic mass is 35.5. The number of rotatable bonds is 5. The molecule has 3 N–H and O–H groups in total. The number of carbonyl (C=O) groups excluding carboxylic acids is 1. The Balaban J connectivity index is 2.82. The average molecular weight is 335 g/mol. The number of aliphatic carboxylic acids is 1. The third-order valence-electron chi connectivity index (χ3n) is 3.05. The number of carboxylic acid groups (broad SMARTS) is 1. The van der Waals surface area contributed by atoms with Crippen LogP contribution in [0.4, 0.5) is 19.3 Å². The molecule has 5 nitrogen and oxygen atoms in total.